The molecule has 25 heavy (non-hydrogen) atoms. The summed E-state index contributed by atoms with van der Waals surface area (Å²) in [7, 11) is 0. The Balaban J connectivity index is 0.00000182. The molecule has 0 fully saturated rings. The number of carbonyl (C=O) groups is 1. The Bertz CT molecular complexity index is 1050. The van der Waals surface area contributed by atoms with Gasteiger partial charge in [0.05, 0.1) is 11.3 Å². The van der Waals surface area contributed by atoms with Gasteiger partial charge in [-0.15, -0.1) is 6.07 Å². The van der Waals surface area contributed by atoms with E-state index in [1.54, 1.807) is 30.3 Å². The molecule has 0 saturated heterocycles. The third kappa shape index (κ3) is 3.39. The van der Waals surface area contributed by atoms with Gasteiger partial charge in [0.15, 0.2) is 5.76 Å². The molecule has 2 aromatic carbocycles. The maximum absolute atomic E-state index is 10.9. The average Bonchev–Trinajstić information content (AvgIpc) is 3.20. The number of H-pyrrole nitrogens is 1. The van der Waals surface area contributed by atoms with Gasteiger partial charge in [-0.25, -0.2) is 4.79 Å². The molecule has 0 unspecified atom stereocenters. The fourth-order valence-corrected chi connectivity index (χ4v) is 2.90. The minimum Gasteiger partial charge on any atom is -0.480 e. The Hall–Kier alpha value is -1.62. The number of nitrogens with one attached hydrogen (secondary N) is 1. The molecule has 2 aromatic heterocycles. The molecule has 0 saturated carbocycles. The number of aromatic nitrogens is 1. The molecule has 0 aliphatic rings. The van der Waals surface area contributed by atoms with Crippen LogP contribution < -0.4 is 0 Å². The zero-order valence-electron chi connectivity index (χ0n) is 12.9. The van der Waals surface area contributed by atoms with E-state index >= 15 is 0 Å². The molecule has 4 aromatic rings. The quantitative estimate of drug-likeness (QED) is 0.396. The molecule has 4 nitrogen and oxygen atoms in total. The second kappa shape index (κ2) is 7.32. The number of furan rings is 1. The summed E-state index contributed by atoms with van der Waals surface area (Å²) >= 11 is 6.40. The number of rotatable bonds is 3. The number of carboxylic acid groups (broad SMARTS) is 1. The number of aromatic carboxylic acids is 1. The second-order valence-electron chi connectivity index (χ2n) is 5.33. The number of carboxylic acids is 1. The number of hydrogen-bond donors (Lipinski definition) is 2. The molecule has 0 bridgehead atoms. The molecule has 0 spiro atoms. The van der Waals surface area contributed by atoms with Gasteiger partial charge in [-0.1, -0.05) is 29.1 Å². The molecule has 2 heterocycles. The van der Waals surface area contributed by atoms with Crippen LogP contribution in [0.2, 0.25) is 5.02 Å². The van der Waals surface area contributed by atoms with Crippen molar-refractivity contribution in [3.05, 3.63) is 71.2 Å². The standard InChI is InChI=1S/C19H11ClNO3.Pr/c20-17-13-3-1-2-4-16(13)24-18(17)15-10-9-14(21-15)11-5-7-12(8-6-11)19(22)23;/h1-3,5-10,21H,(H,22,23);/q-1;. The monoisotopic (exact) mass is 477 g/mol. The van der Waals surface area contributed by atoms with Crippen LogP contribution in [0.4, 0.5) is 0 Å². The third-order valence-electron chi connectivity index (χ3n) is 3.83. The van der Waals surface area contributed by atoms with Crippen LogP contribution in [-0.4, -0.2) is 16.1 Å². The first kappa shape index (κ1) is 18.2. The molecule has 0 aliphatic heterocycles. The number of aromatic amines is 1. The fourth-order valence-electron chi connectivity index (χ4n) is 2.61. The van der Waals surface area contributed by atoms with Crippen LogP contribution in [0.25, 0.3) is 33.7 Å². The first-order valence-electron chi connectivity index (χ1n) is 7.25. The van der Waals surface area contributed by atoms with Crippen molar-refractivity contribution in [1.29, 1.82) is 0 Å². The molecule has 6 heteroatoms. The molecular formula is C19H11ClNO3Pr-. The summed E-state index contributed by atoms with van der Waals surface area (Å²) in [6.45, 7) is 0. The number of benzene rings is 2. The van der Waals surface area contributed by atoms with Crippen molar-refractivity contribution in [1.82, 2.24) is 4.98 Å². The summed E-state index contributed by atoms with van der Waals surface area (Å²) in [5.41, 5.74) is 3.34. The zero-order chi connectivity index (χ0) is 16.7. The van der Waals surface area contributed by atoms with Crippen molar-refractivity contribution in [3.63, 3.8) is 0 Å². The van der Waals surface area contributed by atoms with Crippen molar-refractivity contribution < 1.29 is 55.6 Å². The first-order chi connectivity index (χ1) is 11.6. The maximum Gasteiger partial charge on any atom is 0.335 e. The Morgan fingerprint density at radius 1 is 1.08 bits per heavy atom. The van der Waals surface area contributed by atoms with Gasteiger partial charge in [0, 0.05) is 57.6 Å². The Labute approximate surface area is 181 Å². The number of para-hydroxylation sites is 1. The summed E-state index contributed by atoms with van der Waals surface area (Å²) in [6, 6.07) is 19.0. The number of hydrogen-bond acceptors (Lipinski definition) is 2. The molecule has 121 valence electrons. The van der Waals surface area contributed by atoms with Crippen LogP contribution in [0.15, 0.2) is 59.0 Å². The summed E-state index contributed by atoms with van der Waals surface area (Å²) in [5.74, 6) is -0.387. The topological polar surface area (TPSA) is 66.2 Å². The SMILES string of the molecule is O=C(O)c1ccc(-c2ccc(-c3oc4[c-]cccc4c3Cl)[nH]2)cc1.[Pr]. The largest absolute Gasteiger partial charge is 0.480 e. The number of fused-ring (bicyclic) bond motifs is 1. The predicted octanol–water partition coefficient (Wildman–Crippen LogP) is 5.25. The van der Waals surface area contributed by atoms with E-state index in [2.05, 4.69) is 11.1 Å². The molecule has 0 aliphatic carbocycles. The predicted molar refractivity (Wildman–Crippen MR) is 92.2 cm³/mol. The van der Waals surface area contributed by atoms with Crippen LogP contribution >= 0.6 is 11.6 Å². The summed E-state index contributed by atoms with van der Waals surface area (Å²) < 4.78 is 5.79. The minimum atomic E-state index is -0.945. The van der Waals surface area contributed by atoms with Gasteiger partial charge in [0.1, 0.15) is 0 Å². The van der Waals surface area contributed by atoms with E-state index in [0.717, 1.165) is 22.3 Å². The van der Waals surface area contributed by atoms with Crippen molar-refractivity contribution in [3.8, 4) is 22.7 Å². The zero-order valence-corrected chi connectivity index (χ0v) is 17.4. The van der Waals surface area contributed by atoms with Crippen LogP contribution in [0.5, 0.6) is 0 Å². The molecular weight excluding hydrogens is 467 g/mol. The molecule has 1 radical (unpaired) electrons. The summed E-state index contributed by atoms with van der Waals surface area (Å²) in [6.07, 6.45) is 0. The van der Waals surface area contributed by atoms with Crippen molar-refractivity contribution >= 4 is 28.5 Å². The third-order valence-corrected chi connectivity index (χ3v) is 4.21. The van der Waals surface area contributed by atoms with Gasteiger partial charge in [-0.3, -0.25) is 0 Å². The molecule has 0 amide bonds. The van der Waals surface area contributed by atoms with E-state index in [-0.39, 0.29) is 46.9 Å². The van der Waals surface area contributed by atoms with Gasteiger partial charge < -0.3 is 14.5 Å². The molecule has 4 rings (SSSR count). The smallest absolute Gasteiger partial charge is 0.335 e. The minimum absolute atomic E-state index is 0. The van der Waals surface area contributed by atoms with Gasteiger partial charge in [-0.2, -0.15) is 18.2 Å². The van der Waals surface area contributed by atoms with Crippen LogP contribution in [-0.2, 0) is 0 Å². The van der Waals surface area contributed by atoms with Gasteiger partial charge in [-0.05, 0) is 29.8 Å². The van der Waals surface area contributed by atoms with Gasteiger partial charge in [0.2, 0.25) is 0 Å². The Morgan fingerprint density at radius 3 is 2.48 bits per heavy atom. The Morgan fingerprint density at radius 2 is 1.80 bits per heavy atom. The van der Waals surface area contributed by atoms with Crippen molar-refractivity contribution in [2.45, 2.75) is 0 Å². The van der Waals surface area contributed by atoms with Crippen LogP contribution in [0.3, 0.4) is 0 Å². The van der Waals surface area contributed by atoms with Gasteiger partial charge >= 0.3 is 5.97 Å². The number of halogens is 1. The van der Waals surface area contributed by atoms with Gasteiger partial charge in [0.25, 0.3) is 0 Å². The van der Waals surface area contributed by atoms with E-state index < -0.39 is 5.97 Å². The molecule has 0 atom stereocenters. The molecule has 2 N–H and O–H groups in total. The van der Waals surface area contributed by atoms with Crippen molar-refractivity contribution in [2.75, 3.05) is 0 Å². The fraction of sp³-hybridized carbons (Fsp3) is 0. The second-order valence-corrected chi connectivity index (χ2v) is 5.70. The van der Waals surface area contributed by atoms with E-state index in [0.29, 0.717) is 16.4 Å². The summed E-state index contributed by atoms with van der Waals surface area (Å²) in [4.78, 5) is 14.2. The van der Waals surface area contributed by atoms with E-state index in [9.17, 15) is 4.79 Å². The Kier molecular flexibility index (Phi) is 5.33. The van der Waals surface area contributed by atoms with E-state index in [1.807, 2.05) is 24.3 Å². The van der Waals surface area contributed by atoms with Crippen molar-refractivity contribution in [2.24, 2.45) is 0 Å². The maximum atomic E-state index is 10.9. The van der Waals surface area contributed by atoms with Crippen LogP contribution in [0.1, 0.15) is 10.4 Å². The summed E-state index contributed by atoms with van der Waals surface area (Å²) in [5, 5.41) is 10.3. The van der Waals surface area contributed by atoms with E-state index in [1.165, 1.54) is 0 Å². The van der Waals surface area contributed by atoms with Crippen LogP contribution in [0, 0.1) is 47.4 Å². The first-order valence-corrected chi connectivity index (χ1v) is 7.63. The normalized spacial score (nSPS) is 10.6. The van der Waals surface area contributed by atoms with E-state index in [4.69, 9.17) is 21.1 Å². The average molecular weight is 478 g/mol.